The molecule has 1 aromatic heterocycles. The van der Waals surface area contributed by atoms with E-state index >= 15 is 0 Å². The summed E-state index contributed by atoms with van der Waals surface area (Å²) in [4.78, 5) is 7.41. The topological polar surface area (TPSA) is 51.4 Å². The highest BCUT2D eigenvalue weighted by atomic mass is 16.5. The normalized spacial score (nSPS) is 27.5. The number of piperidine rings is 1. The number of pyridine rings is 1. The summed E-state index contributed by atoms with van der Waals surface area (Å²) in [6.45, 7) is 5.34. The van der Waals surface area contributed by atoms with Gasteiger partial charge in [0.15, 0.2) is 0 Å². The quantitative estimate of drug-likeness (QED) is 0.947. The molecule has 0 amide bonds. The Bertz CT molecular complexity index is 716. The van der Waals surface area contributed by atoms with Crippen LogP contribution in [0.5, 0.6) is 5.75 Å². The summed E-state index contributed by atoms with van der Waals surface area (Å²) < 4.78 is 5.32. The van der Waals surface area contributed by atoms with Gasteiger partial charge in [0, 0.05) is 31.1 Å². The Morgan fingerprint density at radius 3 is 2.65 bits per heavy atom. The van der Waals surface area contributed by atoms with Crippen molar-refractivity contribution in [3.8, 4) is 5.75 Å². The van der Waals surface area contributed by atoms with Crippen LogP contribution >= 0.6 is 0 Å². The molecule has 4 heteroatoms. The van der Waals surface area contributed by atoms with Gasteiger partial charge >= 0.3 is 0 Å². The van der Waals surface area contributed by atoms with Gasteiger partial charge in [-0.15, -0.1) is 0 Å². The maximum Gasteiger partial charge on any atom is 0.119 e. The van der Waals surface area contributed by atoms with Gasteiger partial charge in [-0.2, -0.15) is 0 Å². The van der Waals surface area contributed by atoms with Gasteiger partial charge in [0.25, 0.3) is 0 Å². The molecule has 2 atom stereocenters. The Balaban J connectivity index is 1.58. The predicted octanol–water partition coefficient (Wildman–Crippen LogP) is 2.72. The predicted molar refractivity (Wildman–Crippen MR) is 92.5 cm³/mol. The summed E-state index contributed by atoms with van der Waals surface area (Å²) in [5, 5.41) is 1.17. The van der Waals surface area contributed by atoms with Crippen LogP contribution in [0.3, 0.4) is 0 Å². The number of methoxy groups -OCH3 is 1. The first kappa shape index (κ1) is 14.9. The fourth-order valence-electron chi connectivity index (χ4n) is 4.37. The van der Waals surface area contributed by atoms with E-state index in [1.54, 1.807) is 7.11 Å². The number of likely N-dealkylation sites (tertiary alicyclic amines) is 1. The lowest BCUT2D eigenvalue weighted by Crippen LogP contribution is -2.48. The number of aryl methyl sites for hydroxylation is 1. The minimum Gasteiger partial charge on any atom is -0.497 e. The molecule has 23 heavy (non-hydrogen) atoms. The van der Waals surface area contributed by atoms with Crippen molar-refractivity contribution in [1.82, 2.24) is 9.88 Å². The Labute approximate surface area is 137 Å². The van der Waals surface area contributed by atoms with Crippen molar-refractivity contribution in [2.75, 3.05) is 20.2 Å². The number of ether oxygens (including phenoxy) is 1. The molecule has 4 rings (SSSR count). The van der Waals surface area contributed by atoms with Crippen LogP contribution in [0.1, 0.15) is 24.1 Å². The van der Waals surface area contributed by atoms with Crippen molar-refractivity contribution in [3.63, 3.8) is 0 Å². The van der Waals surface area contributed by atoms with E-state index < -0.39 is 0 Å². The summed E-state index contributed by atoms with van der Waals surface area (Å²) in [7, 11) is 1.70. The van der Waals surface area contributed by atoms with Gasteiger partial charge in [0.1, 0.15) is 5.75 Å². The van der Waals surface area contributed by atoms with E-state index in [0.29, 0.717) is 17.9 Å². The van der Waals surface area contributed by atoms with E-state index in [1.165, 1.54) is 23.8 Å². The van der Waals surface area contributed by atoms with E-state index in [0.717, 1.165) is 36.6 Å². The van der Waals surface area contributed by atoms with Crippen molar-refractivity contribution < 1.29 is 4.74 Å². The summed E-state index contributed by atoms with van der Waals surface area (Å²) in [6, 6.07) is 8.75. The van der Waals surface area contributed by atoms with Crippen LogP contribution in [0.2, 0.25) is 0 Å². The molecule has 4 nitrogen and oxygen atoms in total. The van der Waals surface area contributed by atoms with Crippen LogP contribution < -0.4 is 10.5 Å². The number of aromatic nitrogens is 1. The van der Waals surface area contributed by atoms with E-state index in [-0.39, 0.29) is 0 Å². The van der Waals surface area contributed by atoms with Crippen molar-refractivity contribution in [2.45, 2.75) is 32.4 Å². The molecule has 122 valence electrons. The summed E-state index contributed by atoms with van der Waals surface area (Å²) in [5.74, 6) is 2.25. The lowest BCUT2D eigenvalue weighted by Gasteiger charge is -2.36. The minimum atomic E-state index is 0.421. The molecule has 2 N–H and O–H groups in total. The molecular weight excluding hydrogens is 286 g/mol. The molecule has 2 aromatic rings. The third kappa shape index (κ3) is 2.70. The second-order valence-corrected chi connectivity index (χ2v) is 7.18. The molecule has 1 saturated heterocycles. The van der Waals surface area contributed by atoms with Crippen LogP contribution in [0.25, 0.3) is 10.9 Å². The highest BCUT2D eigenvalue weighted by Gasteiger charge is 2.39. The van der Waals surface area contributed by atoms with Gasteiger partial charge < -0.3 is 10.5 Å². The molecule has 1 saturated carbocycles. The number of fused-ring (bicyclic) bond motifs is 3. The maximum atomic E-state index is 6.31. The monoisotopic (exact) mass is 311 g/mol. The molecule has 0 radical (unpaired) electrons. The van der Waals surface area contributed by atoms with E-state index in [1.807, 2.05) is 6.07 Å². The second kappa shape index (κ2) is 5.77. The molecular formula is C19H25N3O. The fraction of sp³-hybridized carbons (Fsp3) is 0.526. The number of nitrogens with zero attached hydrogens (tertiary/aromatic N) is 2. The Hall–Kier alpha value is -1.65. The smallest absolute Gasteiger partial charge is 0.119 e. The van der Waals surface area contributed by atoms with Crippen LogP contribution in [0, 0.1) is 18.8 Å². The van der Waals surface area contributed by atoms with Gasteiger partial charge in [-0.05, 0) is 61.4 Å². The summed E-state index contributed by atoms with van der Waals surface area (Å²) in [6.07, 6.45) is 2.60. The lowest BCUT2D eigenvalue weighted by molar-refractivity contribution is 0.139. The van der Waals surface area contributed by atoms with Gasteiger partial charge in [-0.25, -0.2) is 0 Å². The molecule has 2 bridgehead atoms. The molecule has 1 aliphatic carbocycles. The average Bonchev–Trinajstić information content (AvgIpc) is 2.76. The largest absolute Gasteiger partial charge is 0.497 e. The highest BCUT2D eigenvalue weighted by Crippen LogP contribution is 2.36. The van der Waals surface area contributed by atoms with Gasteiger partial charge in [-0.1, -0.05) is 0 Å². The molecule has 2 unspecified atom stereocenters. The highest BCUT2D eigenvalue weighted by molar-refractivity contribution is 5.83. The van der Waals surface area contributed by atoms with E-state index in [2.05, 4.69) is 30.0 Å². The zero-order chi connectivity index (χ0) is 16.0. The van der Waals surface area contributed by atoms with Crippen LogP contribution in [0.15, 0.2) is 24.3 Å². The lowest BCUT2D eigenvalue weighted by atomic mass is 9.93. The number of rotatable bonds is 3. The van der Waals surface area contributed by atoms with Crippen LogP contribution in [-0.2, 0) is 6.54 Å². The third-order valence-electron chi connectivity index (χ3n) is 5.64. The fourth-order valence-corrected chi connectivity index (χ4v) is 4.37. The number of hydrogen-bond acceptors (Lipinski definition) is 4. The van der Waals surface area contributed by atoms with Gasteiger partial charge in [0.2, 0.25) is 0 Å². The second-order valence-electron chi connectivity index (χ2n) is 7.18. The maximum absolute atomic E-state index is 6.31. The van der Waals surface area contributed by atoms with E-state index in [9.17, 15) is 0 Å². The molecule has 0 spiro atoms. The van der Waals surface area contributed by atoms with Crippen LogP contribution in [0.4, 0.5) is 0 Å². The van der Waals surface area contributed by atoms with Crippen molar-refractivity contribution in [2.24, 2.45) is 17.6 Å². The molecule has 1 aromatic carbocycles. The number of hydrogen-bond donors (Lipinski definition) is 1. The van der Waals surface area contributed by atoms with Crippen molar-refractivity contribution in [1.29, 1.82) is 0 Å². The zero-order valence-corrected chi connectivity index (χ0v) is 14.0. The first-order valence-electron chi connectivity index (χ1n) is 8.56. The SMILES string of the molecule is COc1ccc2nc(CN3CC4CCC(C3)C4N)cc(C)c2c1. The van der Waals surface area contributed by atoms with Gasteiger partial charge in [-0.3, -0.25) is 9.88 Å². The summed E-state index contributed by atoms with van der Waals surface area (Å²) >= 11 is 0. The Morgan fingerprint density at radius 1 is 1.22 bits per heavy atom. The molecule has 1 aliphatic heterocycles. The van der Waals surface area contributed by atoms with E-state index in [4.69, 9.17) is 15.5 Å². The molecule has 2 aliphatic rings. The number of benzene rings is 1. The third-order valence-corrected chi connectivity index (χ3v) is 5.64. The first-order valence-corrected chi connectivity index (χ1v) is 8.56. The Morgan fingerprint density at radius 2 is 1.96 bits per heavy atom. The summed E-state index contributed by atoms with van der Waals surface area (Å²) in [5.41, 5.74) is 9.79. The number of nitrogens with two attached hydrogens (primary N) is 1. The standard InChI is InChI=1S/C19H25N3O/c1-12-7-15(21-18-6-5-16(23-2)8-17(12)18)11-22-9-13-3-4-14(10-22)19(13)20/h5-8,13-14,19H,3-4,9-11,20H2,1-2H3. The minimum absolute atomic E-state index is 0.421. The van der Waals surface area contributed by atoms with Crippen molar-refractivity contribution >= 4 is 10.9 Å². The first-order chi connectivity index (χ1) is 11.1. The van der Waals surface area contributed by atoms with Crippen LogP contribution in [-0.4, -0.2) is 36.1 Å². The Kier molecular flexibility index (Phi) is 3.74. The van der Waals surface area contributed by atoms with Crippen molar-refractivity contribution in [3.05, 3.63) is 35.5 Å². The molecule has 2 fully saturated rings. The average molecular weight is 311 g/mol. The molecule has 2 heterocycles. The van der Waals surface area contributed by atoms with Gasteiger partial charge in [0.05, 0.1) is 18.3 Å². The zero-order valence-electron chi connectivity index (χ0n) is 14.0.